The minimum absolute atomic E-state index is 0. The number of hydrogen-bond donors (Lipinski definition) is 0. The number of rotatable bonds is 7. The Morgan fingerprint density at radius 2 is 1.24 bits per heavy atom. The van der Waals surface area contributed by atoms with Crippen LogP contribution in [0.15, 0.2) is 158 Å². The van der Waals surface area contributed by atoms with Crippen LogP contribution in [0.25, 0.3) is 99.8 Å². The zero-order valence-corrected chi connectivity index (χ0v) is 43.3. The first-order valence-electron chi connectivity index (χ1n) is 24.0. The van der Waals surface area contributed by atoms with Crippen molar-refractivity contribution < 1.29 is 21.1 Å². The molecule has 0 amide bonds. The van der Waals surface area contributed by atoms with Gasteiger partial charge >= 0.3 is 21.1 Å². The number of fused-ring (bicyclic) bond motifs is 7. The molecule has 0 saturated carbocycles. The SMILES string of the molecule is Cc1cccc(-n2c(-c3ccc(-c4c(C)cc(C)cc4C)c4c3[n-]c3ccc(C)cc34)nc3c(-c4[c-]c5c(cc4)c4cc(C)ccc4n5-c4cc(C(C)(C)c5ccccc5)ccn4)cc(C)cc32)c1.[Pt+2]. The minimum Gasteiger partial charge on any atom is -0.656 e. The molecule has 6 heteroatoms. The van der Waals surface area contributed by atoms with Crippen molar-refractivity contribution in [3.05, 3.63) is 214 Å². The fourth-order valence-corrected chi connectivity index (χ4v) is 11.2. The molecule has 4 aromatic heterocycles. The third-order valence-corrected chi connectivity index (χ3v) is 14.5. The maximum atomic E-state index is 5.76. The second kappa shape index (κ2) is 17.0. The van der Waals surface area contributed by atoms with Crippen LogP contribution < -0.4 is 4.98 Å². The van der Waals surface area contributed by atoms with Crippen LogP contribution in [0.1, 0.15) is 63.9 Å². The topological polar surface area (TPSA) is 49.7 Å². The van der Waals surface area contributed by atoms with Crippen molar-refractivity contribution in [2.24, 2.45) is 0 Å². The molecule has 0 spiro atoms. The summed E-state index contributed by atoms with van der Waals surface area (Å²) < 4.78 is 4.65. The van der Waals surface area contributed by atoms with Gasteiger partial charge in [0.15, 0.2) is 0 Å². The molecule has 4 heterocycles. The molecule has 0 atom stereocenters. The standard InChI is InChI=1S/C64H53N5.Pt/c1-37-14-13-17-47(30-37)68-57-34-41(5)33-51(61(57)67-63(68)50-23-22-49(59-42(6)28-40(4)29-43(59)7)60-53-32-38(2)18-24-54(53)66-62(50)60)44-20-21-48-52-31-39(3)19-25-55(52)69(56(48)35-44)58-36-46(26-27-65-58)64(8,9)45-15-11-10-12-16-45;/h10-34,36H,1-9H3;/q-2;+2. The van der Waals surface area contributed by atoms with Crippen LogP contribution in [0, 0.1) is 54.5 Å². The summed E-state index contributed by atoms with van der Waals surface area (Å²) >= 11 is 0. The number of nitrogens with zero attached hydrogens (tertiary/aromatic N) is 5. The molecule has 344 valence electrons. The van der Waals surface area contributed by atoms with Crippen LogP contribution >= 0.6 is 0 Å². The molecule has 12 aromatic rings. The quantitative estimate of drug-likeness (QED) is 0.149. The first kappa shape index (κ1) is 45.1. The largest absolute Gasteiger partial charge is 2.00 e. The molecule has 12 rings (SSSR count). The fraction of sp³-hybridized carbons (Fsp3) is 0.156. The molecule has 0 N–H and O–H groups in total. The van der Waals surface area contributed by atoms with Gasteiger partial charge in [-0.05, 0) is 145 Å². The summed E-state index contributed by atoms with van der Waals surface area (Å²) in [6, 6.07) is 59.4. The summed E-state index contributed by atoms with van der Waals surface area (Å²) in [4.78, 5) is 16.3. The Bertz CT molecular complexity index is 4050. The van der Waals surface area contributed by atoms with Crippen molar-refractivity contribution in [1.82, 2.24) is 24.1 Å². The van der Waals surface area contributed by atoms with Crippen LogP contribution in [-0.4, -0.2) is 19.1 Å². The van der Waals surface area contributed by atoms with E-state index < -0.39 is 0 Å². The van der Waals surface area contributed by atoms with Crippen molar-refractivity contribution >= 4 is 54.6 Å². The molecule has 0 aliphatic carbocycles. The van der Waals surface area contributed by atoms with Crippen LogP contribution in [0.5, 0.6) is 0 Å². The van der Waals surface area contributed by atoms with Crippen LogP contribution in [-0.2, 0) is 26.5 Å². The second-order valence-corrected chi connectivity index (χ2v) is 20.0. The fourth-order valence-electron chi connectivity index (χ4n) is 11.2. The van der Waals surface area contributed by atoms with Crippen molar-refractivity contribution in [3.8, 4) is 45.1 Å². The van der Waals surface area contributed by atoms with E-state index in [9.17, 15) is 0 Å². The van der Waals surface area contributed by atoms with E-state index in [1.54, 1.807) is 0 Å². The number of pyridine rings is 1. The van der Waals surface area contributed by atoms with Crippen LogP contribution in [0.4, 0.5) is 0 Å². The summed E-state index contributed by atoms with van der Waals surface area (Å²) in [6.07, 6.45) is 1.95. The van der Waals surface area contributed by atoms with Gasteiger partial charge in [-0.25, -0.2) is 9.97 Å². The van der Waals surface area contributed by atoms with E-state index in [0.29, 0.717) is 0 Å². The van der Waals surface area contributed by atoms with Gasteiger partial charge in [-0.1, -0.05) is 150 Å². The van der Waals surface area contributed by atoms with Crippen molar-refractivity contribution in [3.63, 3.8) is 0 Å². The smallest absolute Gasteiger partial charge is 0.656 e. The molecule has 0 aliphatic rings. The van der Waals surface area contributed by atoms with Gasteiger partial charge in [-0.2, -0.15) is 0 Å². The van der Waals surface area contributed by atoms with Gasteiger partial charge in [0.25, 0.3) is 0 Å². The number of aromatic nitrogens is 5. The Labute approximate surface area is 424 Å². The average molecular weight is 1090 g/mol. The zero-order valence-electron chi connectivity index (χ0n) is 41.1. The van der Waals surface area contributed by atoms with Gasteiger partial charge in [0.1, 0.15) is 11.6 Å². The Kier molecular flexibility index (Phi) is 10.9. The Balaban J connectivity index is 0.00000533. The predicted molar refractivity (Wildman–Crippen MR) is 288 cm³/mol. The van der Waals surface area contributed by atoms with Crippen LogP contribution in [0.3, 0.4) is 0 Å². The van der Waals surface area contributed by atoms with E-state index >= 15 is 0 Å². The molecule has 0 aliphatic heterocycles. The number of imidazole rings is 1. The van der Waals surface area contributed by atoms with Crippen molar-refractivity contribution in [2.45, 2.75) is 67.7 Å². The molecule has 0 saturated heterocycles. The molecule has 0 unspecified atom stereocenters. The first-order valence-corrected chi connectivity index (χ1v) is 24.0. The second-order valence-electron chi connectivity index (χ2n) is 20.0. The molecule has 0 fully saturated rings. The summed E-state index contributed by atoms with van der Waals surface area (Å²) in [5.41, 5.74) is 23.2. The van der Waals surface area contributed by atoms with Crippen molar-refractivity contribution in [2.75, 3.05) is 0 Å². The van der Waals surface area contributed by atoms with Gasteiger partial charge in [0.05, 0.1) is 11.0 Å². The van der Waals surface area contributed by atoms with E-state index in [1.807, 2.05) is 6.20 Å². The van der Waals surface area contributed by atoms with E-state index in [4.69, 9.17) is 15.0 Å². The molecule has 0 bridgehead atoms. The molecule has 8 aromatic carbocycles. The van der Waals surface area contributed by atoms with Gasteiger partial charge < -0.3 is 9.55 Å². The van der Waals surface area contributed by atoms with E-state index in [0.717, 1.165) is 88.8 Å². The molecule has 5 nitrogen and oxygen atoms in total. The third-order valence-electron chi connectivity index (χ3n) is 14.5. The normalized spacial score (nSPS) is 12.0. The van der Waals surface area contributed by atoms with Crippen LogP contribution in [0.2, 0.25) is 0 Å². The summed E-state index contributed by atoms with van der Waals surface area (Å²) in [5, 5.41) is 4.63. The Morgan fingerprint density at radius 3 is 2.01 bits per heavy atom. The maximum absolute atomic E-state index is 5.76. The molecule has 0 radical (unpaired) electrons. The molecular weight excluding hydrogens is 1030 g/mol. The number of benzene rings is 8. The Morgan fingerprint density at radius 1 is 0.529 bits per heavy atom. The molecular formula is C64H53N5Pt. The summed E-state index contributed by atoms with van der Waals surface area (Å²) in [6.45, 7) is 19.9. The van der Waals surface area contributed by atoms with E-state index in [1.165, 1.54) is 61.0 Å². The van der Waals surface area contributed by atoms with Gasteiger partial charge in [0.2, 0.25) is 0 Å². The summed E-state index contributed by atoms with van der Waals surface area (Å²) in [5.74, 6) is 1.71. The first-order chi connectivity index (χ1) is 33.3. The summed E-state index contributed by atoms with van der Waals surface area (Å²) in [7, 11) is 0. The van der Waals surface area contributed by atoms with E-state index in [-0.39, 0.29) is 26.5 Å². The average Bonchev–Trinajstić information content (AvgIpc) is 4.01. The maximum Gasteiger partial charge on any atom is 2.00 e. The van der Waals surface area contributed by atoms with Gasteiger partial charge in [-0.15, -0.1) is 34.8 Å². The zero-order chi connectivity index (χ0) is 47.5. The number of aryl methyl sites for hydroxylation is 7. The van der Waals surface area contributed by atoms with Gasteiger partial charge in [0, 0.05) is 28.4 Å². The Hall–Kier alpha value is -7.33. The third kappa shape index (κ3) is 7.24. The minimum atomic E-state index is -0.238. The predicted octanol–water partition coefficient (Wildman–Crippen LogP) is 16.1. The van der Waals surface area contributed by atoms with E-state index in [2.05, 4.69) is 229 Å². The van der Waals surface area contributed by atoms with Crippen molar-refractivity contribution in [1.29, 1.82) is 0 Å². The number of hydrogen-bond acceptors (Lipinski definition) is 2. The van der Waals surface area contributed by atoms with Gasteiger partial charge in [-0.3, -0.25) is 4.57 Å². The monoisotopic (exact) mass is 1090 g/mol. The molecule has 70 heavy (non-hydrogen) atoms.